The Labute approximate surface area is 195 Å². The Hall–Kier alpha value is -4.19. The maximum atomic E-state index is 14.5. The summed E-state index contributed by atoms with van der Waals surface area (Å²) in [4.78, 5) is 16.2. The number of anilines is 2. The molecule has 0 N–H and O–H groups in total. The number of halogens is 2. The van der Waals surface area contributed by atoms with E-state index in [0.29, 0.717) is 16.9 Å². The van der Waals surface area contributed by atoms with Crippen molar-refractivity contribution in [1.29, 1.82) is 0 Å². The van der Waals surface area contributed by atoms with E-state index >= 15 is 0 Å². The van der Waals surface area contributed by atoms with E-state index in [1.807, 2.05) is 18.2 Å². The predicted molar refractivity (Wildman–Crippen MR) is 130 cm³/mol. The van der Waals surface area contributed by atoms with Crippen molar-refractivity contribution >= 4 is 22.4 Å². The molecule has 0 bridgehead atoms. The van der Waals surface area contributed by atoms with Crippen molar-refractivity contribution in [3.8, 4) is 22.5 Å². The molecule has 6 heteroatoms. The van der Waals surface area contributed by atoms with Gasteiger partial charge in [0.2, 0.25) is 0 Å². The monoisotopic (exact) mass is 450 g/mol. The van der Waals surface area contributed by atoms with E-state index in [1.165, 1.54) is 17.2 Å². The van der Waals surface area contributed by atoms with Crippen LogP contribution in [0.3, 0.4) is 0 Å². The van der Waals surface area contributed by atoms with E-state index in [-0.39, 0.29) is 5.56 Å². The van der Waals surface area contributed by atoms with Gasteiger partial charge < -0.3 is 4.90 Å². The quantitative estimate of drug-likeness (QED) is 0.309. The van der Waals surface area contributed by atoms with E-state index in [0.717, 1.165) is 47.6 Å². The third kappa shape index (κ3) is 3.48. The summed E-state index contributed by atoms with van der Waals surface area (Å²) in [5.74, 6) is 0.358. The van der Waals surface area contributed by atoms with Gasteiger partial charge in [-0.05, 0) is 73.0 Å². The van der Waals surface area contributed by atoms with Crippen LogP contribution in [-0.2, 0) is 6.42 Å². The van der Waals surface area contributed by atoms with Gasteiger partial charge in [0.05, 0.1) is 5.52 Å². The van der Waals surface area contributed by atoms with Crippen LogP contribution in [0.25, 0.3) is 33.4 Å². The Morgan fingerprint density at radius 3 is 2.65 bits per heavy atom. The average Bonchev–Trinajstić information content (AvgIpc) is 3.28. The number of aromatic nitrogens is 3. The van der Waals surface area contributed by atoms with Crippen LogP contribution in [-0.4, -0.2) is 21.5 Å². The highest BCUT2D eigenvalue weighted by atomic mass is 19.1. The molecule has 34 heavy (non-hydrogen) atoms. The highest BCUT2D eigenvalue weighted by Gasteiger charge is 2.24. The summed E-state index contributed by atoms with van der Waals surface area (Å²) in [7, 11) is 0. The summed E-state index contributed by atoms with van der Waals surface area (Å²) in [5.41, 5.74) is 5.85. The van der Waals surface area contributed by atoms with Crippen molar-refractivity contribution < 1.29 is 8.78 Å². The summed E-state index contributed by atoms with van der Waals surface area (Å²) in [5, 5.41) is 0.849. The molecule has 0 saturated carbocycles. The summed E-state index contributed by atoms with van der Waals surface area (Å²) in [6.07, 6.45) is 4.36. The van der Waals surface area contributed by atoms with Gasteiger partial charge in [-0.2, -0.15) is 0 Å². The fourth-order valence-electron chi connectivity index (χ4n) is 4.58. The number of fused-ring (bicyclic) bond motifs is 2. The fraction of sp³-hybridized carbons (Fsp3) is 0.107. The number of nitrogens with zero attached hydrogens (tertiary/aromatic N) is 4. The molecule has 2 aromatic heterocycles. The van der Waals surface area contributed by atoms with Gasteiger partial charge in [0.1, 0.15) is 17.5 Å². The number of hydrogen-bond acceptors (Lipinski definition) is 4. The largest absolute Gasteiger partial charge is 0.325 e. The van der Waals surface area contributed by atoms with Gasteiger partial charge in [-0.25, -0.2) is 18.7 Å². The minimum Gasteiger partial charge on any atom is -0.325 e. The predicted octanol–water partition coefficient (Wildman–Crippen LogP) is 6.64. The van der Waals surface area contributed by atoms with Crippen LogP contribution in [0.4, 0.5) is 20.3 Å². The van der Waals surface area contributed by atoms with Crippen LogP contribution in [0.2, 0.25) is 0 Å². The van der Waals surface area contributed by atoms with E-state index in [1.54, 1.807) is 24.5 Å². The molecular weight excluding hydrogens is 430 g/mol. The highest BCUT2D eigenvalue weighted by molar-refractivity contribution is 5.96. The van der Waals surface area contributed by atoms with Crippen LogP contribution in [0.1, 0.15) is 11.1 Å². The first kappa shape index (κ1) is 20.4. The fourth-order valence-corrected chi connectivity index (χ4v) is 4.58. The van der Waals surface area contributed by atoms with Crippen LogP contribution in [0.5, 0.6) is 0 Å². The molecule has 0 saturated heterocycles. The first-order chi connectivity index (χ1) is 16.6. The Bertz CT molecular complexity index is 1550. The highest BCUT2D eigenvalue weighted by Crippen LogP contribution is 2.39. The zero-order valence-electron chi connectivity index (χ0n) is 18.5. The summed E-state index contributed by atoms with van der Waals surface area (Å²) >= 11 is 0. The number of aryl methyl sites for hydroxylation is 1. The van der Waals surface area contributed by atoms with Crippen molar-refractivity contribution in [1.82, 2.24) is 15.0 Å². The van der Waals surface area contributed by atoms with Gasteiger partial charge in [-0.3, -0.25) is 4.98 Å². The topological polar surface area (TPSA) is 41.9 Å². The minimum absolute atomic E-state index is 0.201. The molecule has 4 nitrogen and oxygen atoms in total. The Morgan fingerprint density at radius 2 is 1.79 bits per heavy atom. The second-order valence-corrected chi connectivity index (χ2v) is 8.50. The van der Waals surface area contributed by atoms with Gasteiger partial charge in [-0.15, -0.1) is 0 Å². The van der Waals surface area contributed by atoms with Gasteiger partial charge in [0, 0.05) is 41.1 Å². The average molecular weight is 450 g/mol. The molecule has 3 heterocycles. The van der Waals surface area contributed by atoms with Gasteiger partial charge >= 0.3 is 0 Å². The van der Waals surface area contributed by atoms with Crippen LogP contribution in [0.15, 0.2) is 79.1 Å². The van der Waals surface area contributed by atoms with Crippen molar-refractivity contribution in [3.63, 3.8) is 0 Å². The summed E-state index contributed by atoms with van der Waals surface area (Å²) in [6.45, 7) is 2.90. The number of pyridine rings is 1. The molecule has 0 atom stereocenters. The Balaban J connectivity index is 1.58. The van der Waals surface area contributed by atoms with Crippen LogP contribution in [0, 0.1) is 18.6 Å². The smallest absolute Gasteiger partial charge is 0.163 e. The lowest BCUT2D eigenvalue weighted by atomic mass is 10.0. The van der Waals surface area contributed by atoms with Crippen LogP contribution >= 0.6 is 0 Å². The first-order valence-corrected chi connectivity index (χ1v) is 11.1. The van der Waals surface area contributed by atoms with E-state index < -0.39 is 11.6 Å². The summed E-state index contributed by atoms with van der Waals surface area (Å²) < 4.78 is 28.4. The van der Waals surface area contributed by atoms with E-state index in [4.69, 9.17) is 9.97 Å². The van der Waals surface area contributed by atoms with Crippen molar-refractivity contribution in [3.05, 3.63) is 102 Å². The zero-order valence-corrected chi connectivity index (χ0v) is 18.5. The molecule has 1 aliphatic rings. The molecule has 0 fully saturated rings. The lowest BCUT2D eigenvalue weighted by Gasteiger charge is -2.21. The third-order valence-electron chi connectivity index (χ3n) is 6.22. The van der Waals surface area contributed by atoms with Crippen molar-refractivity contribution in [2.75, 3.05) is 11.4 Å². The molecular formula is C28H20F2N4. The van der Waals surface area contributed by atoms with Crippen molar-refractivity contribution in [2.45, 2.75) is 13.3 Å². The Kier molecular flexibility index (Phi) is 4.80. The lowest BCUT2D eigenvalue weighted by molar-refractivity contribution is 0.603. The minimum atomic E-state index is -0.486. The normalized spacial score (nSPS) is 12.9. The van der Waals surface area contributed by atoms with Gasteiger partial charge in [0.15, 0.2) is 5.82 Å². The standard InChI is InChI=1S/C28H20F2N4/c1-17-4-9-26-19(13-17)10-12-34(26)28-22-7-5-18(23-15-21(29)6-8-24(23)30)14-25(22)32-27(33-28)20-3-2-11-31-16-20/h2-9,11,13-16H,10,12H2,1H3. The maximum absolute atomic E-state index is 14.5. The van der Waals surface area contributed by atoms with E-state index in [2.05, 4.69) is 35.0 Å². The lowest BCUT2D eigenvalue weighted by Crippen LogP contribution is -2.16. The molecule has 0 aliphatic carbocycles. The van der Waals surface area contributed by atoms with Crippen LogP contribution < -0.4 is 4.90 Å². The van der Waals surface area contributed by atoms with Crippen molar-refractivity contribution in [2.24, 2.45) is 0 Å². The Morgan fingerprint density at radius 1 is 0.882 bits per heavy atom. The van der Waals surface area contributed by atoms with E-state index in [9.17, 15) is 8.78 Å². The third-order valence-corrected chi connectivity index (χ3v) is 6.22. The van der Waals surface area contributed by atoms with Gasteiger partial charge in [-0.1, -0.05) is 23.8 Å². The molecule has 1 aliphatic heterocycles. The zero-order chi connectivity index (χ0) is 23.2. The number of hydrogen-bond donors (Lipinski definition) is 0. The molecule has 0 amide bonds. The SMILES string of the molecule is Cc1ccc2c(c1)CCN2c1nc(-c2cccnc2)nc2cc(-c3cc(F)ccc3F)ccc12. The van der Waals surface area contributed by atoms with Gasteiger partial charge in [0.25, 0.3) is 0 Å². The maximum Gasteiger partial charge on any atom is 0.163 e. The number of rotatable bonds is 3. The second kappa shape index (κ2) is 7.99. The first-order valence-electron chi connectivity index (χ1n) is 11.1. The second-order valence-electron chi connectivity index (χ2n) is 8.50. The molecule has 0 spiro atoms. The summed E-state index contributed by atoms with van der Waals surface area (Å²) in [6, 6.07) is 19.2. The number of benzene rings is 3. The molecule has 6 rings (SSSR count). The molecule has 5 aromatic rings. The molecule has 166 valence electrons. The molecule has 0 unspecified atom stereocenters. The molecule has 0 radical (unpaired) electrons. The molecule has 3 aromatic carbocycles.